The molecule has 0 aromatic rings. The van der Waals surface area contributed by atoms with Crippen molar-refractivity contribution in [1.82, 2.24) is 0 Å². The molecular weight excluding hydrogens is 158 g/mol. The van der Waals surface area contributed by atoms with Crippen molar-refractivity contribution in [3.63, 3.8) is 0 Å². The van der Waals surface area contributed by atoms with Gasteiger partial charge in [-0.05, 0) is 37.9 Å². The normalized spacial score (nSPS) is 20.1. The smallest absolute Gasteiger partial charge is 0.0696 e. The lowest BCUT2D eigenvalue weighted by atomic mass is 9.77. The lowest BCUT2D eigenvalue weighted by Gasteiger charge is -2.40. The molecule has 0 aromatic heterocycles. The van der Waals surface area contributed by atoms with Crippen LogP contribution in [-0.2, 0) is 4.74 Å². The predicted octanol–water partition coefficient (Wildman–Crippen LogP) is 2.05. The summed E-state index contributed by atoms with van der Waals surface area (Å²) in [4.78, 5) is 3.87. The van der Waals surface area contributed by atoms with Gasteiger partial charge in [0.1, 0.15) is 0 Å². The Morgan fingerprint density at radius 1 is 1.64 bits per heavy atom. The number of hydrogen-bond acceptors (Lipinski definition) is 3. The van der Waals surface area contributed by atoms with E-state index in [1.807, 2.05) is 0 Å². The van der Waals surface area contributed by atoms with Crippen LogP contribution in [0.2, 0.25) is 0 Å². The van der Waals surface area contributed by atoms with Gasteiger partial charge in [0.05, 0.1) is 17.3 Å². The fraction of sp³-hybridized carbons (Fsp3) is 0.875. The Morgan fingerprint density at radius 3 is 2.73 bits per heavy atom. The molecule has 2 nitrogen and oxygen atoms in total. The van der Waals surface area contributed by atoms with Gasteiger partial charge in [0, 0.05) is 7.11 Å². The van der Waals surface area contributed by atoms with E-state index >= 15 is 0 Å². The van der Waals surface area contributed by atoms with Gasteiger partial charge in [0.15, 0.2) is 0 Å². The van der Waals surface area contributed by atoms with Crippen LogP contribution in [0.15, 0.2) is 4.99 Å². The fourth-order valence-corrected chi connectivity index (χ4v) is 1.52. The average molecular weight is 171 g/mol. The van der Waals surface area contributed by atoms with Crippen molar-refractivity contribution in [1.29, 1.82) is 0 Å². The van der Waals surface area contributed by atoms with Crippen LogP contribution >= 0.6 is 12.2 Å². The van der Waals surface area contributed by atoms with Crippen molar-refractivity contribution in [3.8, 4) is 0 Å². The molecule has 11 heavy (non-hydrogen) atoms. The van der Waals surface area contributed by atoms with Crippen LogP contribution in [0.5, 0.6) is 0 Å². The second-order valence-corrected chi connectivity index (χ2v) is 3.15. The molecule has 1 saturated carbocycles. The lowest BCUT2D eigenvalue weighted by Crippen LogP contribution is -2.39. The van der Waals surface area contributed by atoms with Gasteiger partial charge in [-0.1, -0.05) is 0 Å². The predicted molar refractivity (Wildman–Crippen MR) is 48.1 cm³/mol. The van der Waals surface area contributed by atoms with Crippen LogP contribution in [0.1, 0.15) is 25.7 Å². The highest BCUT2D eigenvalue weighted by Gasteiger charge is 2.36. The highest BCUT2D eigenvalue weighted by atomic mass is 32.1. The second kappa shape index (κ2) is 3.96. The Balaban J connectivity index is 2.26. The standard InChI is InChI=1S/C8H13NOS/c1-10-8(3-2-4-8)5-6-9-7-11/h2-6H2,1H3. The molecule has 0 aromatic carbocycles. The van der Waals surface area contributed by atoms with E-state index in [2.05, 4.69) is 22.4 Å². The van der Waals surface area contributed by atoms with Gasteiger partial charge in [-0.15, -0.1) is 0 Å². The van der Waals surface area contributed by atoms with Gasteiger partial charge in [0.2, 0.25) is 0 Å². The first-order chi connectivity index (χ1) is 5.33. The summed E-state index contributed by atoms with van der Waals surface area (Å²) in [5.74, 6) is 0. The Labute approximate surface area is 72.7 Å². The van der Waals surface area contributed by atoms with E-state index in [1.54, 1.807) is 7.11 Å². The molecule has 0 bridgehead atoms. The van der Waals surface area contributed by atoms with E-state index in [1.165, 1.54) is 19.3 Å². The summed E-state index contributed by atoms with van der Waals surface area (Å²) < 4.78 is 5.40. The molecule has 1 aliphatic carbocycles. The van der Waals surface area contributed by atoms with E-state index < -0.39 is 0 Å². The first kappa shape index (κ1) is 8.85. The third kappa shape index (κ3) is 2.09. The maximum Gasteiger partial charge on any atom is 0.0696 e. The van der Waals surface area contributed by atoms with Crippen molar-refractivity contribution in [3.05, 3.63) is 0 Å². The SMILES string of the molecule is COC1(CCN=C=S)CCC1. The maximum absolute atomic E-state index is 5.40. The molecule has 0 atom stereocenters. The first-order valence-electron chi connectivity index (χ1n) is 3.92. The summed E-state index contributed by atoms with van der Waals surface area (Å²) in [6.45, 7) is 0.761. The molecule has 0 amide bonds. The Bertz CT molecular complexity index is 165. The zero-order valence-electron chi connectivity index (χ0n) is 6.80. The van der Waals surface area contributed by atoms with Gasteiger partial charge in [-0.2, -0.15) is 0 Å². The number of ether oxygens (including phenoxy) is 1. The molecule has 62 valence electrons. The summed E-state index contributed by atoms with van der Waals surface area (Å²) in [5, 5.41) is 2.37. The summed E-state index contributed by atoms with van der Waals surface area (Å²) in [7, 11) is 1.78. The minimum absolute atomic E-state index is 0.135. The zero-order chi connectivity index (χ0) is 8.16. The van der Waals surface area contributed by atoms with Gasteiger partial charge >= 0.3 is 0 Å². The Morgan fingerprint density at radius 2 is 2.36 bits per heavy atom. The molecule has 1 rings (SSSR count). The molecule has 0 radical (unpaired) electrons. The summed E-state index contributed by atoms with van der Waals surface area (Å²) in [5.41, 5.74) is 0.135. The van der Waals surface area contributed by atoms with Crippen LogP contribution in [0.3, 0.4) is 0 Å². The zero-order valence-corrected chi connectivity index (χ0v) is 7.62. The van der Waals surface area contributed by atoms with Gasteiger partial charge in [-0.25, -0.2) is 4.99 Å². The number of aliphatic imine (C=N–C) groups is 1. The third-order valence-electron chi connectivity index (χ3n) is 2.44. The molecule has 0 heterocycles. The number of thiocarbonyl (C=S) groups is 1. The highest BCUT2D eigenvalue weighted by molar-refractivity contribution is 7.78. The molecule has 1 aliphatic rings. The average Bonchev–Trinajstić information content (AvgIpc) is 1.95. The van der Waals surface area contributed by atoms with E-state index in [0.29, 0.717) is 0 Å². The number of nitrogens with zero attached hydrogens (tertiary/aromatic N) is 1. The number of rotatable bonds is 4. The molecular formula is C8H13NOS. The summed E-state index contributed by atoms with van der Waals surface area (Å²) in [6, 6.07) is 0. The molecule has 0 unspecified atom stereocenters. The van der Waals surface area contributed by atoms with E-state index in [4.69, 9.17) is 4.74 Å². The summed E-state index contributed by atoms with van der Waals surface area (Å²) >= 11 is 4.47. The molecule has 0 saturated heterocycles. The van der Waals surface area contributed by atoms with E-state index in [9.17, 15) is 0 Å². The fourth-order valence-electron chi connectivity index (χ4n) is 1.43. The van der Waals surface area contributed by atoms with Crippen molar-refractivity contribution >= 4 is 17.4 Å². The minimum atomic E-state index is 0.135. The van der Waals surface area contributed by atoms with Crippen LogP contribution in [-0.4, -0.2) is 24.4 Å². The maximum atomic E-state index is 5.40. The van der Waals surface area contributed by atoms with Crippen LogP contribution in [0.25, 0.3) is 0 Å². The topological polar surface area (TPSA) is 21.6 Å². The van der Waals surface area contributed by atoms with Crippen molar-refractivity contribution in [2.45, 2.75) is 31.3 Å². The number of hydrogen-bond donors (Lipinski definition) is 0. The van der Waals surface area contributed by atoms with Crippen molar-refractivity contribution < 1.29 is 4.74 Å². The van der Waals surface area contributed by atoms with Crippen LogP contribution < -0.4 is 0 Å². The monoisotopic (exact) mass is 171 g/mol. The Hall–Kier alpha value is -0.240. The Kier molecular flexibility index (Phi) is 3.18. The molecule has 0 spiro atoms. The number of isothiocyanates is 1. The highest BCUT2D eigenvalue weighted by Crippen LogP contribution is 2.37. The third-order valence-corrected chi connectivity index (χ3v) is 2.57. The lowest BCUT2D eigenvalue weighted by molar-refractivity contribution is -0.0753. The van der Waals surface area contributed by atoms with Gasteiger partial charge in [-0.3, -0.25) is 0 Å². The van der Waals surface area contributed by atoms with Gasteiger partial charge in [0.25, 0.3) is 0 Å². The van der Waals surface area contributed by atoms with Gasteiger partial charge < -0.3 is 4.74 Å². The first-order valence-corrected chi connectivity index (χ1v) is 4.33. The van der Waals surface area contributed by atoms with Crippen LogP contribution in [0.4, 0.5) is 0 Å². The molecule has 0 N–H and O–H groups in total. The van der Waals surface area contributed by atoms with Crippen LogP contribution in [0, 0.1) is 0 Å². The molecule has 3 heteroatoms. The minimum Gasteiger partial charge on any atom is -0.378 e. The largest absolute Gasteiger partial charge is 0.378 e. The summed E-state index contributed by atoms with van der Waals surface area (Å²) in [6.07, 6.45) is 4.63. The molecule has 1 fully saturated rings. The molecule has 0 aliphatic heterocycles. The van der Waals surface area contributed by atoms with E-state index in [0.717, 1.165) is 13.0 Å². The van der Waals surface area contributed by atoms with E-state index in [-0.39, 0.29) is 5.60 Å². The quantitative estimate of drug-likeness (QED) is 0.477. The van der Waals surface area contributed by atoms with Crippen molar-refractivity contribution in [2.24, 2.45) is 4.99 Å². The number of methoxy groups -OCH3 is 1. The second-order valence-electron chi connectivity index (χ2n) is 2.96. The van der Waals surface area contributed by atoms with Crippen molar-refractivity contribution in [2.75, 3.05) is 13.7 Å².